The van der Waals surface area contributed by atoms with Gasteiger partial charge in [0.25, 0.3) is 0 Å². The molecule has 0 heteroatoms. The van der Waals surface area contributed by atoms with Crippen LogP contribution >= 0.6 is 0 Å². The molecule has 0 fully saturated rings. The maximum atomic E-state index is 4.07. The highest BCUT2D eigenvalue weighted by Gasteiger charge is 2.15. The Kier molecular flexibility index (Phi) is 3.09. The Morgan fingerprint density at radius 2 is 1.50 bits per heavy atom. The summed E-state index contributed by atoms with van der Waals surface area (Å²) in [5.41, 5.74) is 6.74. The van der Waals surface area contributed by atoms with Crippen LogP contribution in [0.25, 0.3) is 0 Å². The van der Waals surface area contributed by atoms with Gasteiger partial charge in [0, 0.05) is 0 Å². The first-order chi connectivity index (χ1) is 7.70. The highest BCUT2D eigenvalue weighted by Crippen LogP contribution is 2.34. The van der Waals surface area contributed by atoms with Crippen molar-refractivity contribution in [2.45, 2.75) is 26.7 Å². The molecule has 0 saturated heterocycles. The molecule has 0 amide bonds. The van der Waals surface area contributed by atoms with Crippen LogP contribution in [0.4, 0.5) is 0 Å². The SMILES string of the molecule is C=C(C)C(C)=C(C1=CC=CC1)C1=CC=CC1. The second-order valence-electron chi connectivity index (χ2n) is 4.43. The molecule has 2 aliphatic rings. The molecule has 0 radical (unpaired) electrons. The molecule has 2 aliphatic carbocycles. The molecule has 0 saturated carbocycles. The van der Waals surface area contributed by atoms with E-state index >= 15 is 0 Å². The van der Waals surface area contributed by atoms with Gasteiger partial charge in [0.15, 0.2) is 0 Å². The van der Waals surface area contributed by atoms with Crippen LogP contribution in [0.1, 0.15) is 26.7 Å². The molecule has 0 aliphatic heterocycles. The van der Waals surface area contributed by atoms with Crippen molar-refractivity contribution in [2.24, 2.45) is 0 Å². The largest absolute Gasteiger partial charge is 0.0958 e. The molecule has 0 aromatic heterocycles. The molecule has 0 bridgehead atoms. The number of hydrogen-bond acceptors (Lipinski definition) is 0. The monoisotopic (exact) mass is 210 g/mol. The van der Waals surface area contributed by atoms with Crippen molar-refractivity contribution in [3.05, 3.63) is 70.9 Å². The molecule has 0 N–H and O–H groups in total. The third-order valence-corrected chi connectivity index (χ3v) is 3.20. The van der Waals surface area contributed by atoms with Crippen LogP contribution in [-0.2, 0) is 0 Å². The first-order valence-corrected chi connectivity index (χ1v) is 5.79. The lowest BCUT2D eigenvalue weighted by Gasteiger charge is -2.15. The van der Waals surface area contributed by atoms with E-state index in [9.17, 15) is 0 Å². The lowest BCUT2D eigenvalue weighted by molar-refractivity contribution is 1.14. The van der Waals surface area contributed by atoms with Crippen LogP contribution in [-0.4, -0.2) is 0 Å². The average molecular weight is 210 g/mol. The van der Waals surface area contributed by atoms with Crippen molar-refractivity contribution in [1.29, 1.82) is 0 Å². The molecule has 0 aromatic rings. The van der Waals surface area contributed by atoms with Crippen molar-refractivity contribution in [2.75, 3.05) is 0 Å². The fourth-order valence-corrected chi connectivity index (χ4v) is 2.17. The Morgan fingerprint density at radius 3 is 1.81 bits per heavy atom. The van der Waals surface area contributed by atoms with Gasteiger partial charge in [0.2, 0.25) is 0 Å². The van der Waals surface area contributed by atoms with E-state index in [0.717, 1.165) is 18.4 Å². The van der Waals surface area contributed by atoms with Gasteiger partial charge in [-0.05, 0) is 49.0 Å². The Balaban J connectivity index is 2.41. The summed E-state index contributed by atoms with van der Waals surface area (Å²) in [5, 5.41) is 0. The highest BCUT2D eigenvalue weighted by atomic mass is 14.2. The van der Waals surface area contributed by atoms with Crippen LogP contribution in [0.15, 0.2) is 70.9 Å². The summed E-state index contributed by atoms with van der Waals surface area (Å²) in [5.74, 6) is 0. The van der Waals surface area contributed by atoms with Crippen LogP contribution in [0.5, 0.6) is 0 Å². The van der Waals surface area contributed by atoms with Gasteiger partial charge in [-0.1, -0.05) is 48.6 Å². The summed E-state index contributed by atoms with van der Waals surface area (Å²) in [6.45, 7) is 8.33. The third kappa shape index (κ3) is 2.01. The van der Waals surface area contributed by atoms with Gasteiger partial charge in [-0.3, -0.25) is 0 Å². The van der Waals surface area contributed by atoms with Crippen molar-refractivity contribution in [1.82, 2.24) is 0 Å². The van der Waals surface area contributed by atoms with Crippen molar-refractivity contribution >= 4 is 0 Å². The normalized spacial score (nSPS) is 17.4. The zero-order chi connectivity index (χ0) is 11.5. The predicted octanol–water partition coefficient (Wildman–Crippen LogP) is 4.65. The Hall–Kier alpha value is -1.56. The third-order valence-electron chi connectivity index (χ3n) is 3.20. The first kappa shape index (κ1) is 10.9. The number of allylic oxidation sites excluding steroid dienone is 11. The molecule has 0 heterocycles. The Bertz CT molecular complexity index is 430. The van der Waals surface area contributed by atoms with Gasteiger partial charge in [-0.25, -0.2) is 0 Å². The van der Waals surface area contributed by atoms with Crippen molar-refractivity contribution in [3.63, 3.8) is 0 Å². The molecular weight excluding hydrogens is 192 g/mol. The lowest BCUT2D eigenvalue weighted by Crippen LogP contribution is -1.96. The predicted molar refractivity (Wildman–Crippen MR) is 71.2 cm³/mol. The summed E-state index contributed by atoms with van der Waals surface area (Å²) in [7, 11) is 0. The van der Waals surface area contributed by atoms with E-state index in [2.05, 4.69) is 56.9 Å². The van der Waals surface area contributed by atoms with Gasteiger partial charge in [-0.15, -0.1) is 0 Å². The van der Waals surface area contributed by atoms with Crippen LogP contribution in [0, 0.1) is 0 Å². The molecule has 0 unspecified atom stereocenters. The van der Waals surface area contributed by atoms with Crippen LogP contribution in [0.2, 0.25) is 0 Å². The maximum absolute atomic E-state index is 4.07. The number of rotatable bonds is 3. The smallest absolute Gasteiger partial charge is 0.00882 e. The molecule has 16 heavy (non-hydrogen) atoms. The van der Waals surface area contributed by atoms with E-state index in [1.54, 1.807) is 0 Å². The molecule has 2 rings (SSSR count). The van der Waals surface area contributed by atoms with Gasteiger partial charge < -0.3 is 0 Å². The standard InChI is InChI=1S/C16H18/c1-12(2)13(3)16(14-8-4-5-9-14)15-10-6-7-11-15/h4-8,10H,1,9,11H2,2-3H3. The fraction of sp³-hybridized carbons (Fsp3) is 0.250. The van der Waals surface area contributed by atoms with E-state index in [0.29, 0.717) is 0 Å². The topological polar surface area (TPSA) is 0 Å². The molecular formula is C16H18. The second-order valence-corrected chi connectivity index (χ2v) is 4.43. The summed E-state index contributed by atoms with van der Waals surface area (Å²) < 4.78 is 0. The second kappa shape index (κ2) is 4.52. The zero-order valence-electron chi connectivity index (χ0n) is 10.1. The molecule has 82 valence electrons. The van der Waals surface area contributed by atoms with Gasteiger partial charge >= 0.3 is 0 Å². The van der Waals surface area contributed by atoms with E-state index < -0.39 is 0 Å². The van der Waals surface area contributed by atoms with E-state index in [4.69, 9.17) is 0 Å². The summed E-state index contributed by atoms with van der Waals surface area (Å²) in [6.07, 6.45) is 15.3. The van der Waals surface area contributed by atoms with Crippen LogP contribution < -0.4 is 0 Å². The highest BCUT2D eigenvalue weighted by molar-refractivity contribution is 5.58. The van der Waals surface area contributed by atoms with Crippen molar-refractivity contribution < 1.29 is 0 Å². The summed E-state index contributed by atoms with van der Waals surface area (Å²) in [6, 6.07) is 0. The zero-order valence-corrected chi connectivity index (χ0v) is 10.1. The Labute approximate surface area is 98.1 Å². The van der Waals surface area contributed by atoms with E-state index in [1.807, 2.05) is 0 Å². The lowest BCUT2D eigenvalue weighted by atomic mass is 9.89. The Morgan fingerprint density at radius 1 is 1.00 bits per heavy atom. The minimum atomic E-state index is 1.05. The summed E-state index contributed by atoms with van der Waals surface area (Å²) in [4.78, 5) is 0. The van der Waals surface area contributed by atoms with Gasteiger partial charge in [0.1, 0.15) is 0 Å². The first-order valence-electron chi connectivity index (χ1n) is 5.79. The molecule has 0 atom stereocenters. The van der Waals surface area contributed by atoms with E-state index in [-0.39, 0.29) is 0 Å². The maximum Gasteiger partial charge on any atom is -0.00882 e. The minimum Gasteiger partial charge on any atom is -0.0958 e. The van der Waals surface area contributed by atoms with Crippen molar-refractivity contribution in [3.8, 4) is 0 Å². The quantitative estimate of drug-likeness (QED) is 0.595. The van der Waals surface area contributed by atoms with E-state index in [1.165, 1.54) is 22.3 Å². The van der Waals surface area contributed by atoms with Gasteiger partial charge in [-0.2, -0.15) is 0 Å². The van der Waals surface area contributed by atoms with Gasteiger partial charge in [0.05, 0.1) is 0 Å². The summed E-state index contributed by atoms with van der Waals surface area (Å²) >= 11 is 0. The molecule has 0 aromatic carbocycles. The molecule has 0 spiro atoms. The number of hydrogen-bond donors (Lipinski definition) is 0. The molecule has 0 nitrogen and oxygen atoms in total. The minimum absolute atomic E-state index is 1.05. The van der Waals surface area contributed by atoms with Crippen LogP contribution in [0.3, 0.4) is 0 Å². The fourth-order valence-electron chi connectivity index (χ4n) is 2.17. The average Bonchev–Trinajstić information content (AvgIpc) is 2.89.